The number of phenols is 1. The van der Waals surface area contributed by atoms with Gasteiger partial charge in [-0.25, -0.2) is 0 Å². The van der Waals surface area contributed by atoms with E-state index in [4.69, 9.17) is 0 Å². The molecule has 1 aliphatic heterocycles. The summed E-state index contributed by atoms with van der Waals surface area (Å²) in [7, 11) is 0. The Bertz CT molecular complexity index is 502. The fourth-order valence-electron chi connectivity index (χ4n) is 3.18. The van der Waals surface area contributed by atoms with E-state index in [1.807, 2.05) is 26.0 Å². The Balaban J connectivity index is 0.00000116. The van der Waals surface area contributed by atoms with Crippen LogP contribution in [-0.4, -0.2) is 17.2 Å². The summed E-state index contributed by atoms with van der Waals surface area (Å²) in [4.78, 5) is 2.44. The number of phenolic OH excluding ortho intramolecular Hbond substituents is 1. The lowest BCUT2D eigenvalue weighted by Gasteiger charge is -2.43. The molecule has 124 valence electrons. The van der Waals surface area contributed by atoms with Crippen molar-refractivity contribution in [2.45, 2.75) is 72.8 Å². The summed E-state index contributed by atoms with van der Waals surface area (Å²) in [6.07, 6.45) is 7.39. The van der Waals surface area contributed by atoms with Crippen LogP contribution in [0.25, 0.3) is 5.57 Å². The van der Waals surface area contributed by atoms with Gasteiger partial charge in [-0.15, -0.1) is 0 Å². The lowest BCUT2D eigenvalue weighted by Crippen LogP contribution is -2.45. The number of aromatic hydroxyl groups is 1. The van der Waals surface area contributed by atoms with Crippen molar-refractivity contribution in [3.05, 3.63) is 29.8 Å². The molecule has 0 aliphatic carbocycles. The molecule has 1 aromatic carbocycles. The normalized spacial score (nSPS) is 15.5. The molecule has 1 aliphatic rings. The van der Waals surface area contributed by atoms with Crippen LogP contribution >= 0.6 is 0 Å². The van der Waals surface area contributed by atoms with Crippen LogP contribution in [0.4, 0.5) is 5.69 Å². The van der Waals surface area contributed by atoms with Crippen molar-refractivity contribution >= 4 is 11.3 Å². The van der Waals surface area contributed by atoms with Crippen LogP contribution in [0.15, 0.2) is 24.3 Å². The highest BCUT2D eigenvalue weighted by atomic mass is 16.3. The number of allylic oxidation sites excluding steroid dienone is 1. The largest absolute Gasteiger partial charge is 0.508 e. The molecule has 0 bridgehead atoms. The number of fused-ring (bicyclic) bond motifs is 1. The molecule has 0 amide bonds. The molecule has 0 aromatic heterocycles. The number of anilines is 1. The number of hydrogen-bond acceptors (Lipinski definition) is 2. The first kappa shape index (κ1) is 18.6. The molecule has 0 atom stereocenters. The molecule has 2 heteroatoms. The molecule has 0 fully saturated rings. The highest BCUT2D eigenvalue weighted by Gasteiger charge is 2.30. The zero-order chi connectivity index (χ0) is 16.8. The quantitative estimate of drug-likeness (QED) is 0.674. The van der Waals surface area contributed by atoms with Gasteiger partial charge in [0.2, 0.25) is 0 Å². The van der Waals surface area contributed by atoms with Gasteiger partial charge in [-0.3, -0.25) is 0 Å². The maximum absolute atomic E-state index is 9.83. The van der Waals surface area contributed by atoms with E-state index in [-0.39, 0.29) is 5.54 Å². The Morgan fingerprint density at radius 1 is 1.09 bits per heavy atom. The first-order valence-corrected chi connectivity index (χ1v) is 8.76. The smallest absolute Gasteiger partial charge is 0.117 e. The monoisotopic (exact) mass is 303 g/mol. The second-order valence-corrected chi connectivity index (χ2v) is 6.39. The minimum atomic E-state index is 0.0110. The molecular formula is C20H33NO. The van der Waals surface area contributed by atoms with Crippen molar-refractivity contribution < 1.29 is 5.11 Å². The van der Waals surface area contributed by atoms with Crippen LogP contribution in [0.3, 0.4) is 0 Å². The summed E-state index contributed by atoms with van der Waals surface area (Å²) in [5, 5.41) is 9.83. The molecule has 0 saturated carbocycles. The summed E-state index contributed by atoms with van der Waals surface area (Å²) >= 11 is 0. The van der Waals surface area contributed by atoms with E-state index in [1.54, 1.807) is 6.07 Å². The maximum Gasteiger partial charge on any atom is 0.117 e. The van der Waals surface area contributed by atoms with E-state index in [0.29, 0.717) is 5.75 Å². The molecule has 0 unspecified atom stereocenters. The van der Waals surface area contributed by atoms with Gasteiger partial charge in [0.05, 0.1) is 5.54 Å². The Labute approximate surface area is 136 Å². The second kappa shape index (κ2) is 8.26. The average Bonchev–Trinajstić information content (AvgIpc) is 2.47. The molecule has 1 heterocycles. The van der Waals surface area contributed by atoms with Gasteiger partial charge in [0, 0.05) is 23.9 Å². The van der Waals surface area contributed by atoms with E-state index in [0.717, 1.165) is 6.54 Å². The van der Waals surface area contributed by atoms with Crippen LogP contribution < -0.4 is 4.90 Å². The van der Waals surface area contributed by atoms with Crippen molar-refractivity contribution in [3.63, 3.8) is 0 Å². The van der Waals surface area contributed by atoms with Crippen LogP contribution in [0.2, 0.25) is 0 Å². The highest BCUT2D eigenvalue weighted by molar-refractivity contribution is 5.81. The number of benzene rings is 1. The average molecular weight is 303 g/mol. The maximum atomic E-state index is 9.83. The van der Waals surface area contributed by atoms with Gasteiger partial charge in [-0.2, -0.15) is 0 Å². The fourth-order valence-corrected chi connectivity index (χ4v) is 3.18. The van der Waals surface area contributed by atoms with Crippen molar-refractivity contribution in [1.82, 2.24) is 0 Å². The number of hydrogen-bond donors (Lipinski definition) is 1. The first-order chi connectivity index (χ1) is 10.5. The van der Waals surface area contributed by atoms with Crippen LogP contribution in [0.5, 0.6) is 5.75 Å². The third-order valence-electron chi connectivity index (χ3n) is 4.20. The van der Waals surface area contributed by atoms with E-state index in [1.165, 1.54) is 42.5 Å². The molecule has 1 N–H and O–H groups in total. The lowest BCUT2D eigenvalue weighted by molar-refractivity contribution is 0.473. The Morgan fingerprint density at radius 3 is 2.41 bits per heavy atom. The summed E-state index contributed by atoms with van der Waals surface area (Å²) in [6.45, 7) is 14.0. The van der Waals surface area contributed by atoms with Gasteiger partial charge in [-0.1, -0.05) is 46.1 Å². The molecule has 0 radical (unpaired) electrons. The number of rotatable bonds is 5. The third-order valence-corrected chi connectivity index (χ3v) is 4.20. The van der Waals surface area contributed by atoms with E-state index in [9.17, 15) is 5.11 Å². The van der Waals surface area contributed by atoms with Gasteiger partial charge in [0.25, 0.3) is 0 Å². The predicted octanol–water partition coefficient (Wildman–Crippen LogP) is 6.00. The SMILES string of the molecule is CC.CCCCCCN1c2cc(O)ccc2C(C)=CC1(C)C. The Morgan fingerprint density at radius 2 is 1.77 bits per heavy atom. The standard InChI is InChI=1S/C18H27NO.C2H6/c1-5-6-7-8-11-19-17-12-15(20)9-10-16(17)14(2)13-18(19,3)4;1-2/h9-10,12-13,20H,5-8,11H2,1-4H3;1-2H3. The molecule has 2 rings (SSSR count). The van der Waals surface area contributed by atoms with Gasteiger partial charge in [-0.05, 0) is 44.9 Å². The van der Waals surface area contributed by atoms with Gasteiger partial charge < -0.3 is 10.0 Å². The minimum absolute atomic E-state index is 0.0110. The van der Waals surface area contributed by atoms with E-state index < -0.39 is 0 Å². The van der Waals surface area contributed by atoms with Crippen LogP contribution in [-0.2, 0) is 0 Å². The molecule has 2 nitrogen and oxygen atoms in total. The molecule has 22 heavy (non-hydrogen) atoms. The van der Waals surface area contributed by atoms with Crippen molar-refractivity contribution in [2.75, 3.05) is 11.4 Å². The van der Waals surface area contributed by atoms with E-state index in [2.05, 4.69) is 38.7 Å². The lowest BCUT2D eigenvalue weighted by atomic mass is 9.88. The van der Waals surface area contributed by atoms with Crippen LogP contribution in [0.1, 0.15) is 72.8 Å². The molecular weight excluding hydrogens is 270 g/mol. The predicted molar refractivity (Wildman–Crippen MR) is 98.7 cm³/mol. The zero-order valence-electron chi connectivity index (χ0n) is 15.2. The summed E-state index contributed by atoms with van der Waals surface area (Å²) < 4.78 is 0. The topological polar surface area (TPSA) is 23.5 Å². The molecule has 0 spiro atoms. The van der Waals surface area contributed by atoms with Crippen LogP contribution in [0, 0.1) is 0 Å². The van der Waals surface area contributed by atoms with Gasteiger partial charge in [0.1, 0.15) is 5.75 Å². The molecule has 0 saturated heterocycles. The van der Waals surface area contributed by atoms with Gasteiger partial charge >= 0.3 is 0 Å². The summed E-state index contributed by atoms with van der Waals surface area (Å²) in [5.41, 5.74) is 3.73. The first-order valence-electron chi connectivity index (χ1n) is 8.76. The van der Waals surface area contributed by atoms with E-state index >= 15 is 0 Å². The zero-order valence-corrected chi connectivity index (χ0v) is 15.2. The Hall–Kier alpha value is -1.44. The third kappa shape index (κ3) is 4.28. The highest BCUT2D eigenvalue weighted by Crippen LogP contribution is 2.40. The summed E-state index contributed by atoms with van der Waals surface area (Å²) in [5.74, 6) is 0.354. The van der Waals surface area contributed by atoms with Crippen molar-refractivity contribution in [2.24, 2.45) is 0 Å². The minimum Gasteiger partial charge on any atom is -0.508 e. The summed E-state index contributed by atoms with van der Waals surface area (Å²) in [6, 6.07) is 5.72. The number of unbranched alkanes of at least 4 members (excludes halogenated alkanes) is 3. The second-order valence-electron chi connectivity index (χ2n) is 6.39. The number of nitrogens with zero attached hydrogens (tertiary/aromatic N) is 1. The van der Waals surface area contributed by atoms with Crippen molar-refractivity contribution in [1.29, 1.82) is 0 Å². The molecule has 1 aromatic rings. The van der Waals surface area contributed by atoms with Gasteiger partial charge in [0.15, 0.2) is 0 Å². The Kier molecular flexibility index (Phi) is 6.99. The fraction of sp³-hybridized carbons (Fsp3) is 0.600. The van der Waals surface area contributed by atoms with Crippen molar-refractivity contribution in [3.8, 4) is 5.75 Å².